The topological polar surface area (TPSA) is 35.0 Å². The standard InChI is InChI=1S/C11H9BrN2O/c12-8-10-13-7-6-11(14-10)15-9-4-2-1-3-5-9/h1-7H,8H2. The van der Waals surface area contributed by atoms with Gasteiger partial charge in [-0.3, -0.25) is 0 Å². The van der Waals surface area contributed by atoms with Gasteiger partial charge in [-0.15, -0.1) is 0 Å². The highest BCUT2D eigenvalue weighted by molar-refractivity contribution is 9.08. The van der Waals surface area contributed by atoms with E-state index in [0.29, 0.717) is 17.0 Å². The van der Waals surface area contributed by atoms with Crippen molar-refractivity contribution >= 4 is 15.9 Å². The average molecular weight is 265 g/mol. The van der Waals surface area contributed by atoms with Crippen LogP contribution in [0.5, 0.6) is 11.6 Å². The Morgan fingerprint density at radius 3 is 2.67 bits per heavy atom. The van der Waals surface area contributed by atoms with Crippen molar-refractivity contribution in [3.63, 3.8) is 0 Å². The summed E-state index contributed by atoms with van der Waals surface area (Å²) in [6.45, 7) is 0. The van der Waals surface area contributed by atoms with Crippen LogP contribution in [0.3, 0.4) is 0 Å². The summed E-state index contributed by atoms with van der Waals surface area (Å²) in [5.74, 6) is 2.05. The van der Waals surface area contributed by atoms with Crippen LogP contribution in [0, 0.1) is 0 Å². The summed E-state index contributed by atoms with van der Waals surface area (Å²) < 4.78 is 5.55. The smallest absolute Gasteiger partial charge is 0.222 e. The predicted octanol–water partition coefficient (Wildman–Crippen LogP) is 3.16. The number of hydrogen-bond acceptors (Lipinski definition) is 3. The van der Waals surface area contributed by atoms with E-state index in [4.69, 9.17) is 4.74 Å². The maximum atomic E-state index is 5.55. The van der Waals surface area contributed by atoms with Gasteiger partial charge in [0, 0.05) is 12.3 Å². The van der Waals surface area contributed by atoms with E-state index in [1.165, 1.54) is 0 Å². The second kappa shape index (κ2) is 4.89. The van der Waals surface area contributed by atoms with Crippen molar-refractivity contribution in [2.24, 2.45) is 0 Å². The highest BCUT2D eigenvalue weighted by atomic mass is 79.9. The zero-order valence-electron chi connectivity index (χ0n) is 7.93. The molecule has 1 aromatic carbocycles. The Kier molecular flexibility index (Phi) is 3.29. The highest BCUT2D eigenvalue weighted by Gasteiger charge is 1.99. The molecule has 0 aliphatic heterocycles. The molecule has 0 saturated heterocycles. The molecule has 2 aromatic rings. The molecular weight excluding hydrogens is 256 g/mol. The quantitative estimate of drug-likeness (QED) is 0.799. The molecule has 0 spiro atoms. The Hall–Kier alpha value is -1.42. The van der Waals surface area contributed by atoms with Crippen LogP contribution < -0.4 is 4.74 Å². The number of hydrogen-bond donors (Lipinski definition) is 0. The molecular formula is C11H9BrN2O. The molecule has 2 rings (SSSR count). The lowest BCUT2D eigenvalue weighted by molar-refractivity contribution is 0.459. The van der Waals surface area contributed by atoms with E-state index in [9.17, 15) is 0 Å². The first-order valence-electron chi connectivity index (χ1n) is 4.49. The zero-order valence-corrected chi connectivity index (χ0v) is 9.52. The van der Waals surface area contributed by atoms with Crippen LogP contribution in [0.25, 0.3) is 0 Å². The highest BCUT2D eigenvalue weighted by Crippen LogP contribution is 2.18. The fraction of sp³-hybridized carbons (Fsp3) is 0.0909. The van der Waals surface area contributed by atoms with E-state index in [2.05, 4.69) is 25.9 Å². The third-order valence-electron chi connectivity index (χ3n) is 1.77. The lowest BCUT2D eigenvalue weighted by Crippen LogP contribution is -1.93. The number of benzene rings is 1. The van der Waals surface area contributed by atoms with Crippen molar-refractivity contribution < 1.29 is 4.74 Å². The van der Waals surface area contributed by atoms with E-state index in [1.54, 1.807) is 12.3 Å². The van der Waals surface area contributed by atoms with Gasteiger partial charge in [0.25, 0.3) is 0 Å². The number of nitrogens with zero attached hydrogens (tertiary/aromatic N) is 2. The lowest BCUT2D eigenvalue weighted by atomic mass is 10.3. The van der Waals surface area contributed by atoms with Gasteiger partial charge in [-0.2, -0.15) is 4.98 Å². The van der Waals surface area contributed by atoms with Gasteiger partial charge in [0.15, 0.2) is 0 Å². The Morgan fingerprint density at radius 1 is 1.13 bits per heavy atom. The SMILES string of the molecule is BrCc1nccc(Oc2ccccc2)n1. The first kappa shape index (κ1) is 10.1. The molecule has 0 aliphatic carbocycles. The van der Waals surface area contributed by atoms with Gasteiger partial charge in [0.1, 0.15) is 11.6 Å². The van der Waals surface area contributed by atoms with Crippen molar-refractivity contribution in [2.45, 2.75) is 5.33 Å². The summed E-state index contributed by atoms with van der Waals surface area (Å²) in [5.41, 5.74) is 0. The Morgan fingerprint density at radius 2 is 1.93 bits per heavy atom. The maximum Gasteiger partial charge on any atom is 0.222 e. The molecule has 0 radical (unpaired) electrons. The Bertz CT molecular complexity index is 434. The summed E-state index contributed by atoms with van der Waals surface area (Å²) in [4.78, 5) is 8.27. The van der Waals surface area contributed by atoms with Gasteiger partial charge in [-0.25, -0.2) is 4.98 Å². The van der Waals surface area contributed by atoms with Crippen LogP contribution in [-0.2, 0) is 5.33 Å². The van der Waals surface area contributed by atoms with Crippen LogP contribution >= 0.6 is 15.9 Å². The molecule has 76 valence electrons. The van der Waals surface area contributed by atoms with Crippen LogP contribution in [0.2, 0.25) is 0 Å². The van der Waals surface area contributed by atoms with Gasteiger partial charge in [0.05, 0.1) is 5.33 Å². The normalized spacial score (nSPS) is 9.93. The first-order chi connectivity index (χ1) is 7.38. The average Bonchev–Trinajstić information content (AvgIpc) is 2.31. The first-order valence-corrected chi connectivity index (χ1v) is 5.61. The maximum absolute atomic E-state index is 5.55. The number of halogens is 1. The van der Waals surface area contributed by atoms with Gasteiger partial charge in [-0.05, 0) is 12.1 Å². The number of para-hydroxylation sites is 1. The van der Waals surface area contributed by atoms with E-state index in [-0.39, 0.29) is 0 Å². The fourth-order valence-corrected chi connectivity index (χ4v) is 1.38. The number of aromatic nitrogens is 2. The molecule has 1 aromatic heterocycles. The molecule has 0 saturated carbocycles. The zero-order chi connectivity index (χ0) is 10.5. The monoisotopic (exact) mass is 264 g/mol. The van der Waals surface area contributed by atoms with Gasteiger partial charge in [-0.1, -0.05) is 34.1 Å². The Balaban J connectivity index is 2.17. The summed E-state index contributed by atoms with van der Waals surface area (Å²) in [6, 6.07) is 11.3. The van der Waals surface area contributed by atoms with Crippen molar-refractivity contribution in [1.29, 1.82) is 0 Å². The van der Waals surface area contributed by atoms with Crippen molar-refractivity contribution in [2.75, 3.05) is 0 Å². The fourth-order valence-electron chi connectivity index (χ4n) is 1.11. The second-order valence-corrected chi connectivity index (χ2v) is 3.42. The van der Waals surface area contributed by atoms with Crippen LogP contribution in [0.4, 0.5) is 0 Å². The second-order valence-electron chi connectivity index (χ2n) is 2.86. The third kappa shape index (κ3) is 2.76. The summed E-state index contributed by atoms with van der Waals surface area (Å²) >= 11 is 3.30. The van der Waals surface area contributed by atoms with E-state index in [1.807, 2.05) is 30.3 Å². The van der Waals surface area contributed by atoms with Crippen molar-refractivity contribution in [3.05, 3.63) is 48.4 Å². The lowest BCUT2D eigenvalue weighted by Gasteiger charge is -2.04. The number of ether oxygens (including phenoxy) is 1. The molecule has 3 nitrogen and oxygen atoms in total. The van der Waals surface area contributed by atoms with Crippen molar-refractivity contribution in [3.8, 4) is 11.6 Å². The minimum atomic E-state index is 0.561. The molecule has 0 bridgehead atoms. The largest absolute Gasteiger partial charge is 0.439 e. The summed E-state index contributed by atoms with van der Waals surface area (Å²) in [6.07, 6.45) is 1.68. The molecule has 0 N–H and O–H groups in total. The third-order valence-corrected chi connectivity index (χ3v) is 2.27. The van der Waals surface area contributed by atoms with Crippen LogP contribution in [-0.4, -0.2) is 9.97 Å². The molecule has 4 heteroatoms. The van der Waals surface area contributed by atoms with Crippen molar-refractivity contribution in [1.82, 2.24) is 9.97 Å². The molecule has 0 unspecified atom stereocenters. The van der Waals surface area contributed by atoms with Crippen LogP contribution in [0.15, 0.2) is 42.6 Å². The predicted molar refractivity (Wildman–Crippen MR) is 61.2 cm³/mol. The summed E-state index contributed by atoms with van der Waals surface area (Å²) in [5, 5.41) is 0.624. The summed E-state index contributed by atoms with van der Waals surface area (Å²) in [7, 11) is 0. The van der Waals surface area contributed by atoms with E-state index >= 15 is 0 Å². The van der Waals surface area contributed by atoms with E-state index < -0.39 is 0 Å². The minimum absolute atomic E-state index is 0.561. The molecule has 0 atom stereocenters. The molecule has 1 heterocycles. The van der Waals surface area contributed by atoms with Gasteiger partial charge < -0.3 is 4.74 Å². The van der Waals surface area contributed by atoms with Gasteiger partial charge in [0.2, 0.25) is 5.88 Å². The number of alkyl halides is 1. The van der Waals surface area contributed by atoms with E-state index in [0.717, 1.165) is 5.75 Å². The van der Waals surface area contributed by atoms with Crippen LogP contribution in [0.1, 0.15) is 5.82 Å². The van der Waals surface area contributed by atoms with Gasteiger partial charge >= 0.3 is 0 Å². The molecule has 0 fully saturated rings. The minimum Gasteiger partial charge on any atom is -0.439 e. The molecule has 15 heavy (non-hydrogen) atoms. The molecule has 0 amide bonds. The Labute approximate surface area is 96.3 Å². The number of rotatable bonds is 3. The molecule has 0 aliphatic rings.